The summed E-state index contributed by atoms with van der Waals surface area (Å²) in [5.41, 5.74) is 3.87. The van der Waals surface area contributed by atoms with Crippen molar-refractivity contribution in [3.05, 3.63) is 71.3 Å². The van der Waals surface area contributed by atoms with Gasteiger partial charge in [-0.2, -0.15) is 0 Å². The van der Waals surface area contributed by atoms with Crippen LogP contribution in [0.15, 0.2) is 59.6 Å². The van der Waals surface area contributed by atoms with E-state index < -0.39 is 0 Å². The second kappa shape index (κ2) is 14.5. The smallest absolute Gasteiger partial charge is 0.191 e. The fourth-order valence-electron chi connectivity index (χ4n) is 2.70. The lowest BCUT2D eigenvalue weighted by atomic mass is 10.1. The minimum atomic E-state index is 0. The third kappa shape index (κ3) is 10.3. The maximum atomic E-state index is 5.71. The second-order valence-corrected chi connectivity index (χ2v) is 6.40. The molecule has 0 amide bonds. The molecule has 0 saturated carbocycles. The van der Waals surface area contributed by atoms with Gasteiger partial charge >= 0.3 is 0 Å². The molecule has 4 nitrogen and oxygen atoms in total. The van der Waals surface area contributed by atoms with Gasteiger partial charge in [-0.25, -0.2) is 0 Å². The van der Waals surface area contributed by atoms with Crippen molar-refractivity contribution in [3.63, 3.8) is 0 Å². The molecule has 0 aromatic heterocycles. The molecule has 27 heavy (non-hydrogen) atoms. The van der Waals surface area contributed by atoms with Crippen LogP contribution in [0.2, 0.25) is 0 Å². The summed E-state index contributed by atoms with van der Waals surface area (Å²) in [6.07, 6.45) is 3.10. The van der Waals surface area contributed by atoms with Crippen LogP contribution in [0.5, 0.6) is 0 Å². The molecule has 2 N–H and O–H groups in total. The van der Waals surface area contributed by atoms with Crippen molar-refractivity contribution in [2.24, 2.45) is 4.99 Å². The molecule has 2 aromatic rings. The zero-order chi connectivity index (χ0) is 18.5. The van der Waals surface area contributed by atoms with Gasteiger partial charge in [0.15, 0.2) is 5.96 Å². The molecule has 2 aromatic carbocycles. The summed E-state index contributed by atoms with van der Waals surface area (Å²) in [6, 6.07) is 19.0. The highest BCUT2D eigenvalue weighted by Gasteiger charge is 1.99. The summed E-state index contributed by atoms with van der Waals surface area (Å²) in [6.45, 7) is 5.39. The maximum absolute atomic E-state index is 5.71. The predicted molar refractivity (Wildman–Crippen MR) is 125 cm³/mol. The van der Waals surface area contributed by atoms with Crippen molar-refractivity contribution < 1.29 is 4.74 Å². The number of hydrogen-bond acceptors (Lipinski definition) is 2. The molecule has 0 unspecified atom stereocenters. The van der Waals surface area contributed by atoms with Crippen molar-refractivity contribution in [3.8, 4) is 0 Å². The second-order valence-electron chi connectivity index (χ2n) is 6.40. The van der Waals surface area contributed by atoms with Crippen molar-refractivity contribution >= 4 is 29.9 Å². The molecule has 0 atom stereocenters. The van der Waals surface area contributed by atoms with Gasteiger partial charge in [0.25, 0.3) is 0 Å². The minimum absolute atomic E-state index is 0. The van der Waals surface area contributed by atoms with Crippen LogP contribution in [0.25, 0.3) is 0 Å². The number of nitrogens with zero attached hydrogens (tertiary/aromatic N) is 1. The Hall–Kier alpha value is -1.60. The molecule has 0 radical (unpaired) electrons. The van der Waals surface area contributed by atoms with E-state index in [-0.39, 0.29) is 24.0 Å². The quantitative estimate of drug-likeness (QED) is 0.230. The Labute approximate surface area is 180 Å². The molecule has 0 aliphatic carbocycles. The Morgan fingerprint density at radius 3 is 2.44 bits per heavy atom. The number of guanidine groups is 1. The zero-order valence-electron chi connectivity index (χ0n) is 16.4. The van der Waals surface area contributed by atoms with E-state index >= 15 is 0 Å². The molecule has 0 heterocycles. The number of unbranched alkanes of at least 4 members (excludes halogenated alkanes) is 1. The number of rotatable bonds is 10. The lowest BCUT2D eigenvalue weighted by Crippen LogP contribution is -2.37. The van der Waals surface area contributed by atoms with Gasteiger partial charge in [-0.1, -0.05) is 60.2 Å². The van der Waals surface area contributed by atoms with Crippen LogP contribution in [0.1, 0.15) is 29.5 Å². The van der Waals surface area contributed by atoms with Gasteiger partial charge in [0.05, 0.1) is 6.61 Å². The first-order valence-corrected chi connectivity index (χ1v) is 9.39. The number of ether oxygens (including phenoxy) is 1. The first-order valence-electron chi connectivity index (χ1n) is 9.39. The number of hydrogen-bond donors (Lipinski definition) is 2. The molecule has 0 aliphatic rings. The van der Waals surface area contributed by atoms with Gasteiger partial charge in [-0.15, -0.1) is 24.0 Å². The van der Waals surface area contributed by atoms with E-state index in [1.54, 1.807) is 7.05 Å². The average molecular weight is 481 g/mol. The third-order valence-electron chi connectivity index (χ3n) is 4.15. The lowest BCUT2D eigenvalue weighted by molar-refractivity contribution is 0.133. The Bertz CT molecular complexity index is 662. The van der Waals surface area contributed by atoms with Crippen LogP contribution in [0.3, 0.4) is 0 Å². The minimum Gasteiger partial charge on any atom is -0.381 e. The molecule has 0 aliphatic heterocycles. The average Bonchev–Trinajstić information content (AvgIpc) is 2.67. The number of aryl methyl sites for hydroxylation is 1. The summed E-state index contributed by atoms with van der Waals surface area (Å²) in [4.78, 5) is 4.27. The van der Waals surface area contributed by atoms with E-state index in [4.69, 9.17) is 4.74 Å². The zero-order valence-corrected chi connectivity index (χ0v) is 18.7. The molecule has 2 rings (SSSR count). The van der Waals surface area contributed by atoms with Crippen LogP contribution >= 0.6 is 24.0 Å². The van der Waals surface area contributed by atoms with E-state index in [1.165, 1.54) is 16.7 Å². The van der Waals surface area contributed by atoms with Gasteiger partial charge in [0, 0.05) is 26.7 Å². The van der Waals surface area contributed by atoms with Crippen molar-refractivity contribution in [1.82, 2.24) is 10.6 Å². The molecule has 5 heteroatoms. The van der Waals surface area contributed by atoms with E-state index in [1.807, 2.05) is 6.07 Å². The van der Waals surface area contributed by atoms with Crippen LogP contribution < -0.4 is 10.6 Å². The fourth-order valence-corrected chi connectivity index (χ4v) is 2.70. The molecule has 0 spiro atoms. The van der Waals surface area contributed by atoms with Gasteiger partial charge in [-0.3, -0.25) is 4.99 Å². The first kappa shape index (κ1) is 23.4. The summed E-state index contributed by atoms with van der Waals surface area (Å²) in [7, 11) is 1.80. The number of halogens is 1. The topological polar surface area (TPSA) is 45.7 Å². The molecular formula is C22H32IN3O. The van der Waals surface area contributed by atoms with E-state index in [2.05, 4.69) is 71.1 Å². The SMILES string of the molecule is CN=C(NCCCCOCCc1ccccc1)NCc1cccc(C)c1.I. The summed E-state index contributed by atoms with van der Waals surface area (Å²) in [5.74, 6) is 0.844. The van der Waals surface area contributed by atoms with Gasteiger partial charge in [0.1, 0.15) is 0 Å². The van der Waals surface area contributed by atoms with Crippen molar-refractivity contribution in [2.75, 3.05) is 26.8 Å². The largest absolute Gasteiger partial charge is 0.381 e. The Morgan fingerprint density at radius 1 is 0.926 bits per heavy atom. The first-order chi connectivity index (χ1) is 12.8. The van der Waals surface area contributed by atoms with Gasteiger partial charge in [0.2, 0.25) is 0 Å². The Balaban J connectivity index is 0.00000364. The molecule has 0 fully saturated rings. The standard InChI is InChI=1S/C22H31N3O.HI/c1-19-9-8-12-21(17-19)18-25-22(23-2)24-14-6-7-15-26-16-13-20-10-4-3-5-11-20;/h3-5,8-12,17H,6-7,13-16,18H2,1-2H3,(H2,23,24,25);1H. The normalized spacial score (nSPS) is 11.0. The van der Waals surface area contributed by atoms with Crippen LogP contribution in [-0.2, 0) is 17.7 Å². The summed E-state index contributed by atoms with van der Waals surface area (Å²) in [5, 5.41) is 6.70. The third-order valence-corrected chi connectivity index (χ3v) is 4.15. The van der Waals surface area contributed by atoms with Crippen LogP contribution in [0, 0.1) is 6.92 Å². The Kier molecular flexibility index (Phi) is 12.6. The number of aliphatic imine (C=N–C) groups is 1. The van der Waals surface area contributed by atoms with E-state index in [0.29, 0.717) is 0 Å². The highest BCUT2D eigenvalue weighted by Crippen LogP contribution is 2.03. The monoisotopic (exact) mass is 481 g/mol. The van der Waals surface area contributed by atoms with Crippen molar-refractivity contribution in [1.29, 1.82) is 0 Å². The molecule has 0 saturated heterocycles. The summed E-state index contributed by atoms with van der Waals surface area (Å²) < 4.78 is 5.71. The summed E-state index contributed by atoms with van der Waals surface area (Å²) >= 11 is 0. The lowest BCUT2D eigenvalue weighted by Gasteiger charge is -2.12. The molecular weight excluding hydrogens is 449 g/mol. The predicted octanol–water partition coefficient (Wildman–Crippen LogP) is 4.32. The highest BCUT2D eigenvalue weighted by molar-refractivity contribution is 14.0. The van der Waals surface area contributed by atoms with Gasteiger partial charge < -0.3 is 15.4 Å². The number of nitrogens with one attached hydrogen (secondary N) is 2. The van der Waals surface area contributed by atoms with Gasteiger partial charge in [-0.05, 0) is 37.3 Å². The molecule has 148 valence electrons. The fraction of sp³-hybridized carbons (Fsp3) is 0.409. The Morgan fingerprint density at radius 2 is 1.70 bits per heavy atom. The number of benzene rings is 2. The maximum Gasteiger partial charge on any atom is 0.191 e. The van der Waals surface area contributed by atoms with E-state index in [0.717, 1.165) is 51.5 Å². The molecule has 0 bridgehead atoms. The van der Waals surface area contributed by atoms with E-state index in [9.17, 15) is 0 Å². The highest BCUT2D eigenvalue weighted by atomic mass is 127. The van der Waals surface area contributed by atoms with Crippen LogP contribution in [-0.4, -0.2) is 32.8 Å². The van der Waals surface area contributed by atoms with Crippen LogP contribution in [0.4, 0.5) is 0 Å². The van der Waals surface area contributed by atoms with Crippen molar-refractivity contribution in [2.45, 2.75) is 32.7 Å².